The van der Waals surface area contributed by atoms with Crippen molar-refractivity contribution in [2.75, 3.05) is 12.4 Å². The Labute approximate surface area is 217 Å². The number of methoxy groups -OCH3 is 1. The van der Waals surface area contributed by atoms with Crippen molar-refractivity contribution in [3.05, 3.63) is 64.8 Å². The normalized spacial score (nSPS) is 16.2. The van der Waals surface area contributed by atoms with Gasteiger partial charge in [0, 0.05) is 43.1 Å². The van der Waals surface area contributed by atoms with Crippen molar-refractivity contribution in [3.63, 3.8) is 0 Å². The van der Waals surface area contributed by atoms with Crippen LogP contribution in [0.4, 0.5) is 14.5 Å². The van der Waals surface area contributed by atoms with Crippen LogP contribution in [0.15, 0.2) is 47.3 Å². The Bertz CT molecular complexity index is 1260. The van der Waals surface area contributed by atoms with Gasteiger partial charge in [-0.1, -0.05) is 28.9 Å². The minimum absolute atomic E-state index is 0.0414. The van der Waals surface area contributed by atoms with Gasteiger partial charge in [0.25, 0.3) is 5.91 Å². The number of aromatic nitrogens is 2. The first-order valence-corrected chi connectivity index (χ1v) is 12.2. The van der Waals surface area contributed by atoms with E-state index in [-0.39, 0.29) is 43.5 Å². The zero-order chi connectivity index (χ0) is 26.6. The molecule has 0 spiro atoms. The summed E-state index contributed by atoms with van der Waals surface area (Å²) in [7, 11) is 1.45. The zero-order valence-corrected chi connectivity index (χ0v) is 21.1. The molecule has 8 nitrogen and oxygen atoms in total. The van der Waals surface area contributed by atoms with Gasteiger partial charge >= 0.3 is 0 Å². The number of benzene rings is 1. The van der Waals surface area contributed by atoms with Crippen molar-refractivity contribution >= 4 is 29.1 Å². The Morgan fingerprint density at radius 1 is 1.24 bits per heavy atom. The first-order chi connectivity index (χ1) is 17.7. The number of nitrogens with zero attached hydrogens (tertiary/aromatic N) is 2. The number of ether oxygens (including phenoxy) is 1. The third-order valence-electron chi connectivity index (χ3n) is 6.49. The van der Waals surface area contributed by atoms with Gasteiger partial charge in [-0.05, 0) is 49.4 Å². The van der Waals surface area contributed by atoms with Gasteiger partial charge in [-0.25, -0.2) is 8.78 Å². The average Bonchev–Trinajstić information content (AvgIpc) is 3.33. The summed E-state index contributed by atoms with van der Waals surface area (Å²) in [6.45, 7) is 1.91. The molecule has 2 N–H and O–H groups in total. The third-order valence-corrected chi connectivity index (χ3v) is 6.70. The number of hydrogen-bond donors (Lipinski definition) is 2. The molecule has 1 saturated carbocycles. The molecule has 1 aromatic carbocycles. The number of nitrogens with one attached hydrogen (secondary N) is 2. The Morgan fingerprint density at radius 2 is 1.95 bits per heavy atom. The van der Waals surface area contributed by atoms with Gasteiger partial charge in [0.1, 0.15) is 23.6 Å². The van der Waals surface area contributed by atoms with E-state index in [1.165, 1.54) is 13.4 Å². The van der Waals surface area contributed by atoms with Gasteiger partial charge in [0.2, 0.25) is 11.8 Å². The molecule has 0 bridgehead atoms. The maximum absolute atomic E-state index is 13.8. The number of anilines is 1. The van der Waals surface area contributed by atoms with E-state index in [4.69, 9.17) is 20.9 Å². The molecule has 2 amide bonds. The lowest BCUT2D eigenvalue weighted by molar-refractivity contribution is -0.121. The second-order valence-corrected chi connectivity index (χ2v) is 9.54. The number of amides is 2. The highest BCUT2D eigenvalue weighted by Crippen LogP contribution is 2.38. The Morgan fingerprint density at radius 3 is 2.62 bits per heavy atom. The van der Waals surface area contributed by atoms with Crippen LogP contribution in [0.25, 0.3) is 11.1 Å². The van der Waals surface area contributed by atoms with E-state index in [1.807, 2.05) is 25.1 Å². The molecule has 196 valence electrons. The maximum atomic E-state index is 13.8. The topological polar surface area (TPSA) is 106 Å². The van der Waals surface area contributed by atoms with Gasteiger partial charge in [-0.2, -0.15) is 0 Å². The van der Waals surface area contributed by atoms with Crippen molar-refractivity contribution in [1.29, 1.82) is 0 Å². The molecule has 3 aromatic rings. The van der Waals surface area contributed by atoms with E-state index in [0.29, 0.717) is 10.7 Å². The minimum atomic E-state index is -2.77. The SMILES string of the molecule is COCc1nocc1C(=O)N[C@H](C(=O)Nc1ccc(-c2cc(Cl)cnc2C)cc1)C1CCC(F)(F)CC1. The van der Waals surface area contributed by atoms with Gasteiger partial charge in [-0.15, -0.1) is 0 Å². The summed E-state index contributed by atoms with van der Waals surface area (Å²) >= 11 is 6.08. The molecule has 4 rings (SSSR count). The molecule has 1 fully saturated rings. The number of pyridine rings is 1. The number of halogens is 3. The fourth-order valence-electron chi connectivity index (χ4n) is 4.45. The van der Waals surface area contributed by atoms with Gasteiger partial charge < -0.3 is 19.9 Å². The first kappa shape index (κ1) is 26.7. The van der Waals surface area contributed by atoms with Crippen LogP contribution in [0.2, 0.25) is 5.02 Å². The summed E-state index contributed by atoms with van der Waals surface area (Å²) < 4.78 is 37.5. The third kappa shape index (κ3) is 6.50. The molecular weight excluding hydrogens is 506 g/mol. The quantitative estimate of drug-likeness (QED) is 0.402. The number of carbonyl (C=O) groups is 2. The highest BCUT2D eigenvalue weighted by Gasteiger charge is 2.40. The summed E-state index contributed by atoms with van der Waals surface area (Å²) in [6.07, 6.45) is 2.24. The van der Waals surface area contributed by atoms with E-state index < -0.39 is 29.7 Å². The molecule has 1 aliphatic rings. The van der Waals surface area contributed by atoms with Crippen molar-refractivity contribution in [3.8, 4) is 11.1 Å². The predicted octanol–water partition coefficient (Wildman–Crippen LogP) is 5.41. The molecule has 1 atom stereocenters. The number of rotatable bonds is 8. The van der Waals surface area contributed by atoms with E-state index in [0.717, 1.165) is 16.8 Å². The van der Waals surface area contributed by atoms with Crippen LogP contribution in [-0.2, 0) is 16.1 Å². The van der Waals surface area contributed by atoms with E-state index in [1.54, 1.807) is 18.3 Å². The second-order valence-electron chi connectivity index (χ2n) is 9.11. The fraction of sp³-hybridized carbons (Fsp3) is 0.385. The molecule has 0 unspecified atom stereocenters. The van der Waals surface area contributed by atoms with Crippen molar-refractivity contribution in [2.24, 2.45) is 5.92 Å². The summed E-state index contributed by atoms with van der Waals surface area (Å²) in [4.78, 5) is 30.6. The molecule has 2 aromatic heterocycles. The van der Waals surface area contributed by atoms with Crippen LogP contribution in [-0.4, -0.2) is 41.0 Å². The largest absolute Gasteiger partial charge is 0.378 e. The number of alkyl halides is 2. The summed E-state index contributed by atoms with van der Waals surface area (Å²) in [5.74, 6) is -4.33. The van der Waals surface area contributed by atoms with Crippen molar-refractivity contribution in [2.45, 2.75) is 51.2 Å². The molecular formula is C26H27ClF2N4O4. The average molecular weight is 533 g/mol. The molecule has 0 radical (unpaired) electrons. The fourth-order valence-corrected chi connectivity index (χ4v) is 4.61. The predicted molar refractivity (Wildman–Crippen MR) is 133 cm³/mol. The summed E-state index contributed by atoms with van der Waals surface area (Å²) in [5, 5.41) is 9.78. The molecule has 0 saturated heterocycles. The van der Waals surface area contributed by atoms with Crippen LogP contribution >= 0.6 is 11.6 Å². The lowest BCUT2D eigenvalue weighted by atomic mass is 9.81. The van der Waals surface area contributed by atoms with Crippen LogP contribution in [0.3, 0.4) is 0 Å². The Hall–Kier alpha value is -3.37. The summed E-state index contributed by atoms with van der Waals surface area (Å²) in [6, 6.07) is 7.85. The minimum Gasteiger partial charge on any atom is -0.378 e. The van der Waals surface area contributed by atoms with Crippen LogP contribution in [0.5, 0.6) is 0 Å². The van der Waals surface area contributed by atoms with Gasteiger partial charge in [0.15, 0.2) is 0 Å². The number of aryl methyl sites for hydroxylation is 1. The molecule has 0 aliphatic heterocycles. The second kappa shape index (κ2) is 11.4. The molecule has 1 aliphatic carbocycles. The molecule has 2 heterocycles. The summed E-state index contributed by atoms with van der Waals surface area (Å²) in [5.41, 5.74) is 3.42. The molecule has 37 heavy (non-hydrogen) atoms. The lowest BCUT2D eigenvalue weighted by Crippen LogP contribution is -2.50. The van der Waals surface area contributed by atoms with Crippen LogP contribution < -0.4 is 10.6 Å². The number of carbonyl (C=O) groups excluding carboxylic acids is 2. The van der Waals surface area contributed by atoms with Crippen LogP contribution in [0.1, 0.15) is 47.4 Å². The van der Waals surface area contributed by atoms with E-state index in [9.17, 15) is 18.4 Å². The smallest absolute Gasteiger partial charge is 0.257 e. The van der Waals surface area contributed by atoms with Crippen molar-refractivity contribution < 1.29 is 27.6 Å². The maximum Gasteiger partial charge on any atom is 0.257 e. The van der Waals surface area contributed by atoms with Crippen LogP contribution in [0, 0.1) is 12.8 Å². The zero-order valence-electron chi connectivity index (χ0n) is 20.4. The van der Waals surface area contributed by atoms with Crippen molar-refractivity contribution in [1.82, 2.24) is 15.5 Å². The Kier molecular flexibility index (Phi) is 8.19. The highest BCUT2D eigenvalue weighted by atomic mass is 35.5. The monoisotopic (exact) mass is 532 g/mol. The Balaban J connectivity index is 1.52. The number of hydrogen-bond acceptors (Lipinski definition) is 6. The van der Waals surface area contributed by atoms with Gasteiger partial charge in [-0.3, -0.25) is 14.6 Å². The first-order valence-electron chi connectivity index (χ1n) is 11.8. The van der Waals surface area contributed by atoms with E-state index in [2.05, 4.69) is 20.8 Å². The lowest BCUT2D eigenvalue weighted by Gasteiger charge is -2.33. The standard InChI is InChI=1S/C26H27ClF2N4O4/c1-15-20(11-18(27)12-30-15)16-3-5-19(6-4-16)31-25(35)23(17-7-9-26(28,29)10-8-17)32-24(34)21-13-37-33-22(21)14-36-2/h3-6,11-13,17,23H,7-10,14H2,1-2H3,(H,31,35)(H,32,34)/t23-/m0/s1. The molecule has 11 heteroatoms. The highest BCUT2D eigenvalue weighted by molar-refractivity contribution is 6.30. The van der Waals surface area contributed by atoms with E-state index >= 15 is 0 Å². The van der Waals surface area contributed by atoms with Gasteiger partial charge in [0.05, 0.1) is 11.6 Å².